The number of para-hydroxylation sites is 1. The van der Waals surface area contributed by atoms with Crippen LogP contribution in [0, 0.1) is 0 Å². The van der Waals surface area contributed by atoms with Crippen molar-refractivity contribution in [3.05, 3.63) is 46.1 Å². The summed E-state index contributed by atoms with van der Waals surface area (Å²) in [4.78, 5) is 0. The number of nitrogens with zero attached hydrogens (tertiary/aromatic N) is 2. The third kappa shape index (κ3) is 2.42. The van der Waals surface area contributed by atoms with Gasteiger partial charge in [0.15, 0.2) is 5.15 Å². The highest BCUT2D eigenvalue weighted by Gasteiger charge is 2.27. The minimum Gasteiger partial charge on any atom is -0.436 e. The second kappa shape index (κ2) is 4.75. The summed E-state index contributed by atoms with van der Waals surface area (Å²) in [6, 6.07) is 9.45. The summed E-state index contributed by atoms with van der Waals surface area (Å²) in [6.07, 6.45) is 2.42. The molecule has 1 heterocycles. The van der Waals surface area contributed by atoms with Gasteiger partial charge < -0.3 is 4.74 Å². The third-order valence-corrected chi connectivity index (χ3v) is 3.28. The van der Waals surface area contributed by atoms with Gasteiger partial charge in [-0.15, -0.1) is 10.2 Å². The Kier molecular flexibility index (Phi) is 3.10. The zero-order chi connectivity index (χ0) is 12.5. The highest BCUT2D eigenvalue weighted by atomic mass is 35.5. The van der Waals surface area contributed by atoms with Gasteiger partial charge in [-0.3, -0.25) is 0 Å². The topological polar surface area (TPSA) is 35.0 Å². The number of benzene rings is 1. The van der Waals surface area contributed by atoms with Gasteiger partial charge in [0.1, 0.15) is 10.8 Å². The van der Waals surface area contributed by atoms with Gasteiger partial charge in [0.2, 0.25) is 0 Å². The fourth-order valence-electron chi connectivity index (χ4n) is 1.81. The van der Waals surface area contributed by atoms with Crippen molar-refractivity contribution < 1.29 is 4.74 Å². The van der Waals surface area contributed by atoms with E-state index in [2.05, 4.69) is 16.3 Å². The molecule has 0 unspecified atom stereocenters. The van der Waals surface area contributed by atoms with Crippen molar-refractivity contribution >= 4 is 23.2 Å². The van der Waals surface area contributed by atoms with Crippen LogP contribution >= 0.6 is 23.2 Å². The molecule has 0 saturated heterocycles. The van der Waals surface area contributed by atoms with Crippen LogP contribution < -0.4 is 4.74 Å². The summed E-state index contributed by atoms with van der Waals surface area (Å²) >= 11 is 11.7. The standard InChI is InChI=1S/C13H10Cl2N2O/c14-10-7-12(15)16-17-13(10)18-11-4-2-1-3-9(11)8-5-6-8/h1-4,7-8H,5-6H2. The van der Waals surface area contributed by atoms with Crippen molar-refractivity contribution in [3.63, 3.8) is 0 Å². The van der Waals surface area contributed by atoms with Crippen LogP contribution in [-0.2, 0) is 0 Å². The second-order valence-electron chi connectivity index (χ2n) is 4.23. The first-order valence-electron chi connectivity index (χ1n) is 5.69. The fraction of sp³-hybridized carbons (Fsp3) is 0.231. The van der Waals surface area contributed by atoms with E-state index in [9.17, 15) is 0 Å². The van der Waals surface area contributed by atoms with E-state index >= 15 is 0 Å². The Morgan fingerprint density at radius 3 is 2.61 bits per heavy atom. The van der Waals surface area contributed by atoms with Crippen LogP contribution in [0.5, 0.6) is 11.6 Å². The molecule has 18 heavy (non-hydrogen) atoms. The SMILES string of the molecule is Clc1cc(Cl)c(Oc2ccccc2C2CC2)nn1. The monoisotopic (exact) mass is 280 g/mol. The van der Waals surface area contributed by atoms with Gasteiger partial charge in [0.05, 0.1) is 0 Å². The average molecular weight is 281 g/mol. The van der Waals surface area contributed by atoms with E-state index in [0.29, 0.717) is 10.9 Å². The first-order valence-corrected chi connectivity index (χ1v) is 6.45. The quantitative estimate of drug-likeness (QED) is 0.833. The molecule has 0 aliphatic heterocycles. The first-order chi connectivity index (χ1) is 8.74. The van der Waals surface area contributed by atoms with Crippen molar-refractivity contribution in [3.8, 4) is 11.6 Å². The maximum absolute atomic E-state index is 6.02. The number of hydrogen-bond acceptors (Lipinski definition) is 3. The van der Waals surface area contributed by atoms with Crippen LogP contribution in [0.2, 0.25) is 10.2 Å². The number of halogens is 2. The maximum atomic E-state index is 6.02. The molecule has 1 aromatic heterocycles. The highest BCUT2D eigenvalue weighted by molar-refractivity contribution is 6.34. The van der Waals surface area contributed by atoms with Gasteiger partial charge in [-0.1, -0.05) is 41.4 Å². The fourth-order valence-corrected chi connectivity index (χ4v) is 2.20. The largest absolute Gasteiger partial charge is 0.436 e. The van der Waals surface area contributed by atoms with Gasteiger partial charge in [0, 0.05) is 6.07 Å². The second-order valence-corrected chi connectivity index (χ2v) is 5.03. The Morgan fingerprint density at radius 1 is 1.11 bits per heavy atom. The normalized spacial score (nSPS) is 14.6. The maximum Gasteiger partial charge on any atom is 0.257 e. The van der Waals surface area contributed by atoms with Gasteiger partial charge >= 0.3 is 0 Å². The lowest BCUT2D eigenvalue weighted by Gasteiger charge is -2.10. The third-order valence-electron chi connectivity index (χ3n) is 2.83. The van der Waals surface area contributed by atoms with E-state index in [1.807, 2.05) is 18.2 Å². The zero-order valence-corrected chi connectivity index (χ0v) is 10.9. The molecule has 1 aromatic carbocycles. The van der Waals surface area contributed by atoms with E-state index in [1.165, 1.54) is 24.5 Å². The molecule has 0 atom stereocenters. The number of rotatable bonds is 3. The van der Waals surface area contributed by atoms with E-state index < -0.39 is 0 Å². The van der Waals surface area contributed by atoms with Crippen LogP contribution in [0.15, 0.2) is 30.3 Å². The van der Waals surface area contributed by atoms with Crippen molar-refractivity contribution in [1.82, 2.24) is 10.2 Å². The van der Waals surface area contributed by atoms with Crippen molar-refractivity contribution in [1.29, 1.82) is 0 Å². The Balaban J connectivity index is 1.92. The van der Waals surface area contributed by atoms with Crippen LogP contribution in [0.4, 0.5) is 0 Å². The Hall–Kier alpha value is -1.32. The lowest BCUT2D eigenvalue weighted by molar-refractivity contribution is 0.450. The van der Waals surface area contributed by atoms with Gasteiger partial charge in [0.25, 0.3) is 5.88 Å². The van der Waals surface area contributed by atoms with E-state index in [1.54, 1.807) is 0 Å². The highest BCUT2D eigenvalue weighted by Crippen LogP contribution is 2.45. The number of ether oxygens (including phenoxy) is 1. The van der Waals surface area contributed by atoms with Gasteiger partial charge in [-0.05, 0) is 30.4 Å². The van der Waals surface area contributed by atoms with Crippen molar-refractivity contribution in [2.45, 2.75) is 18.8 Å². The molecule has 1 fully saturated rings. The molecule has 0 spiro atoms. The minimum atomic E-state index is 0.253. The summed E-state index contributed by atoms with van der Waals surface area (Å²) < 4.78 is 5.73. The predicted octanol–water partition coefficient (Wildman–Crippen LogP) is 4.45. The molecule has 0 N–H and O–H groups in total. The minimum absolute atomic E-state index is 0.253. The van der Waals surface area contributed by atoms with E-state index in [0.717, 1.165) is 5.75 Å². The van der Waals surface area contributed by atoms with Crippen molar-refractivity contribution in [2.24, 2.45) is 0 Å². The van der Waals surface area contributed by atoms with Crippen LogP contribution in [0.25, 0.3) is 0 Å². The lowest BCUT2D eigenvalue weighted by atomic mass is 10.1. The van der Waals surface area contributed by atoms with Crippen molar-refractivity contribution in [2.75, 3.05) is 0 Å². The smallest absolute Gasteiger partial charge is 0.257 e. The first kappa shape index (κ1) is 11.8. The van der Waals surface area contributed by atoms with Crippen LogP contribution in [0.1, 0.15) is 24.3 Å². The summed E-state index contributed by atoms with van der Waals surface area (Å²) in [7, 11) is 0. The van der Waals surface area contributed by atoms with Gasteiger partial charge in [-0.2, -0.15) is 0 Å². The molecule has 1 aliphatic carbocycles. The average Bonchev–Trinajstić information content (AvgIpc) is 3.17. The predicted molar refractivity (Wildman–Crippen MR) is 70.5 cm³/mol. The van der Waals surface area contributed by atoms with E-state index in [4.69, 9.17) is 27.9 Å². The van der Waals surface area contributed by atoms with Crippen LogP contribution in [-0.4, -0.2) is 10.2 Å². The number of aromatic nitrogens is 2. The summed E-state index contributed by atoms with van der Waals surface area (Å²) in [5.74, 6) is 1.67. The molecule has 92 valence electrons. The van der Waals surface area contributed by atoms with Gasteiger partial charge in [-0.25, -0.2) is 0 Å². The summed E-state index contributed by atoms with van der Waals surface area (Å²) in [5, 5.41) is 8.20. The molecular formula is C13H10Cl2N2O. The molecule has 0 radical (unpaired) electrons. The molecular weight excluding hydrogens is 271 g/mol. The summed E-state index contributed by atoms with van der Waals surface area (Å²) in [6.45, 7) is 0. The molecule has 3 rings (SSSR count). The van der Waals surface area contributed by atoms with E-state index in [-0.39, 0.29) is 11.0 Å². The Bertz CT molecular complexity index is 585. The zero-order valence-electron chi connectivity index (χ0n) is 9.44. The van der Waals surface area contributed by atoms with Crippen LogP contribution in [0.3, 0.4) is 0 Å². The Morgan fingerprint density at radius 2 is 1.89 bits per heavy atom. The molecule has 0 bridgehead atoms. The Labute approximate surface area is 115 Å². The number of hydrogen-bond donors (Lipinski definition) is 0. The molecule has 3 nitrogen and oxygen atoms in total. The lowest BCUT2D eigenvalue weighted by Crippen LogP contribution is -1.94. The summed E-state index contributed by atoms with van der Waals surface area (Å²) in [5.41, 5.74) is 1.20. The molecule has 0 amide bonds. The molecule has 1 aliphatic rings. The molecule has 1 saturated carbocycles. The molecule has 5 heteroatoms. The molecule has 2 aromatic rings.